The number of aliphatic hydroxyl groups excluding tert-OH is 1. The number of methoxy groups -OCH3 is 2. The van der Waals surface area contributed by atoms with Crippen LogP contribution in [0.3, 0.4) is 0 Å². The van der Waals surface area contributed by atoms with Gasteiger partial charge in [0.15, 0.2) is 16.6 Å². The molecule has 1 aromatic heterocycles. The number of nitrogens with zero attached hydrogens (tertiary/aromatic N) is 2. The Labute approximate surface area is 212 Å². The van der Waals surface area contributed by atoms with Crippen molar-refractivity contribution in [3.8, 4) is 11.5 Å². The smallest absolute Gasteiger partial charge is 0.301 e. The Morgan fingerprint density at radius 2 is 1.69 bits per heavy atom. The Morgan fingerprint density at radius 1 is 0.972 bits per heavy atom. The molecule has 1 fully saturated rings. The number of thiazole rings is 1. The molecule has 36 heavy (non-hydrogen) atoms. The maximum atomic E-state index is 13.5. The van der Waals surface area contributed by atoms with E-state index >= 15 is 0 Å². The molecule has 4 aromatic rings. The van der Waals surface area contributed by atoms with Crippen molar-refractivity contribution in [2.75, 3.05) is 19.1 Å². The third-order valence-electron chi connectivity index (χ3n) is 6.24. The molecule has 1 amide bonds. The molecular formula is C28H24N2O5S. The monoisotopic (exact) mass is 500 g/mol. The number of hydrogen-bond acceptors (Lipinski definition) is 7. The fraction of sp³-hybridized carbons (Fsp3) is 0.179. The first-order chi connectivity index (χ1) is 17.3. The lowest BCUT2D eigenvalue weighted by Gasteiger charge is -2.23. The standard InChI is InChI=1S/C28H24N2O5S/c1-15-12-16(2)23-21(13-15)36-28(29-23)30-24(18-10-11-19(34-3)20(14-18)35-4)22(26(32)27(30)33)25(31)17-8-6-5-7-9-17/h5-14,24,31H,1-4H3/b25-22+/t24-/m0/s1. The number of fused-ring (bicyclic) bond motifs is 1. The first-order valence-corrected chi connectivity index (χ1v) is 12.1. The second kappa shape index (κ2) is 9.13. The van der Waals surface area contributed by atoms with Gasteiger partial charge in [0.05, 0.1) is 36.1 Å². The molecule has 0 saturated carbocycles. The number of ketones is 1. The Hall–Kier alpha value is -4.17. The molecule has 0 spiro atoms. The molecular weight excluding hydrogens is 476 g/mol. The molecule has 1 atom stereocenters. The third-order valence-corrected chi connectivity index (χ3v) is 7.24. The quantitative estimate of drug-likeness (QED) is 0.219. The Kier molecular flexibility index (Phi) is 5.97. The molecule has 8 heteroatoms. The highest BCUT2D eigenvalue weighted by Gasteiger charge is 2.48. The molecule has 182 valence electrons. The number of carbonyl (C=O) groups is 2. The molecule has 0 bridgehead atoms. The van der Waals surface area contributed by atoms with Crippen LogP contribution in [0.25, 0.3) is 16.0 Å². The van der Waals surface area contributed by atoms with E-state index in [-0.39, 0.29) is 11.3 Å². The highest BCUT2D eigenvalue weighted by molar-refractivity contribution is 7.22. The van der Waals surface area contributed by atoms with E-state index in [0.29, 0.717) is 27.8 Å². The van der Waals surface area contributed by atoms with Crippen molar-refractivity contribution in [2.45, 2.75) is 19.9 Å². The number of aryl methyl sites for hydroxylation is 2. The molecule has 7 nitrogen and oxygen atoms in total. The first kappa shape index (κ1) is 23.6. The van der Waals surface area contributed by atoms with Crippen molar-refractivity contribution in [3.63, 3.8) is 0 Å². The summed E-state index contributed by atoms with van der Waals surface area (Å²) in [6.45, 7) is 3.97. The minimum absolute atomic E-state index is 0.00872. The Bertz CT molecular complexity index is 1540. The van der Waals surface area contributed by atoms with Crippen molar-refractivity contribution in [3.05, 3.63) is 88.5 Å². The van der Waals surface area contributed by atoms with Crippen LogP contribution < -0.4 is 14.4 Å². The zero-order valence-corrected chi connectivity index (χ0v) is 21.1. The number of ether oxygens (including phenoxy) is 2. The summed E-state index contributed by atoms with van der Waals surface area (Å²) in [6, 6.07) is 17.0. The number of amides is 1. The van der Waals surface area contributed by atoms with Gasteiger partial charge in [-0.05, 0) is 48.7 Å². The van der Waals surface area contributed by atoms with Crippen LogP contribution >= 0.6 is 11.3 Å². The van der Waals surface area contributed by atoms with Gasteiger partial charge >= 0.3 is 5.91 Å². The van der Waals surface area contributed by atoms with Crippen molar-refractivity contribution in [2.24, 2.45) is 0 Å². The van der Waals surface area contributed by atoms with Crippen LogP contribution in [-0.2, 0) is 9.59 Å². The molecule has 5 rings (SSSR count). The van der Waals surface area contributed by atoms with Gasteiger partial charge in [-0.25, -0.2) is 4.98 Å². The third kappa shape index (κ3) is 3.79. The van der Waals surface area contributed by atoms with Crippen LogP contribution in [0, 0.1) is 13.8 Å². The number of Topliss-reactive ketones (excluding diaryl/α,β-unsaturated/α-hetero) is 1. The summed E-state index contributed by atoms with van der Waals surface area (Å²) in [5.41, 5.74) is 3.85. The summed E-state index contributed by atoms with van der Waals surface area (Å²) in [5.74, 6) is -0.822. The average molecular weight is 501 g/mol. The highest BCUT2D eigenvalue weighted by Crippen LogP contribution is 2.46. The van der Waals surface area contributed by atoms with E-state index in [9.17, 15) is 14.7 Å². The second-order valence-corrected chi connectivity index (χ2v) is 9.58. The maximum absolute atomic E-state index is 13.5. The summed E-state index contributed by atoms with van der Waals surface area (Å²) >= 11 is 1.34. The Balaban J connectivity index is 1.76. The minimum Gasteiger partial charge on any atom is -0.507 e. The zero-order chi connectivity index (χ0) is 25.6. The lowest BCUT2D eigenvalue weighted by molar-refractivity contribution is -0.132. The van der Waals surface area contributed by atoms with E-state index in [4.69, 9.17) is 14.5 Å². The highest BCUT2D eigenvalue weighted by atomic mass is 32.1. The van der Waals surface area contributed by atoms with E-state index in [1.165, 1.54) is 30.5 Å². The van der Waals surface area contributed by atoms with Crippen molar-refractivity contribution < 1.29 is 24.2 Å². The summed E-state index contributed by atoms with van der Waals surface area (Å²) in [4.78, 5) is 33.0. The van der Waals surface area contributed by atoms with Gasteiger partial charge in [-0.1, -0.05) is 53.8 Å². The van der Waals surface area contributed by atoms with E-state index in [1.807, 2.05) is 32.0 Å². The van der Waals surface area contributed by atoms with Crippen LogP contribution in [0.2, 0.25) is 0 Å². The van der Waals surface area contributed by atoms with Crippen LogP contribution in [0.15, 0.2) is 66.2 Å². The number of aromatic nitrogens is 1. The summed E-state index contributed by atoms with van der Waals surface area (Å²) < 4.78 is 11.8. The fourth-order valence-electron chi connectivity index (χ4n) is 4.58. The van der Waals surface area contributed by atoms with Gasteiger partial charge in [-0.15, -0.1) is 0 Å². The molecule has 1 N–H and O–H groups in total. The predicted molar refractivity (Wildman–Crippen MR) is 140 cm³/mol. The van der Waals surface area contributed by atoms with Gasteiger partial charge in [-0.3, -0.25) is 14.5 Å². The van der Waals surface area contributed by atoms with E-state index in [1.54, 1.807) is 42.5 Å². The van der Waals surface area contributed by atoms with Gasteiger partial charge < -0.3 is 14.6 Å². The van der Waals surface area contributed by atoms with Gasteiger partial charge in [0.25, 0.3) is 5.78 Å². The predicted octanol–water partition coefficient (Wildman–Crippen LogP) is 5.56. The van der Waals surface area contributed by atoms with Gasteiger partial charge in [0, 0.05) is 5.56 Å². The molecule has 1 aliphatic rings. The molecule has 2 heterocycles. The summed E-state index contributed by atoms with van der Waals surface area (Å²) in [5, 5.41) is 11.6. The van der Waals surface area contributed by atoms with Crippen LogP contribution in [0.1, 0.15) is 28.3 Å². The van der Waals surface area contributed by atoms with Gasteiger partial charge in [0.2, 0.25) is 0 Å². The number of hydrogen-bond donors (Lipinski definition) is 1. The van der Waals surface area contributed by atoms with Crippen LogP contribution in [0.5, 0.6) is 11.5 Å². The number of anilines is 1. The molecule has 0 radical (unpaired) electrons. The fourth-order valence-corrected chi connectivity index (χ4v) is 5.75. The van der Waals surface area contributed by atoms with Crippen LogP contribution in [0.4, 0.5) is 5.13 Å². The number of rotatable bonds is 5. The van der Waals surface area contributed by atoms with Gasteiger partial charge in [-0.2, -0.15) is 0 Å². The number of aliphatic hydroxyl groups is 1. The second-order valence-electron chi connectivity index (χ2n) is 8.57. The van der Waals surface area contributed by atoms with Crippen molar-refractivity contribution in [1.29, 1.82) is 0 Å². The first-order valence-electron chi connectivity index (χ1n) is 11.3. The topological polar surface area (TPSA) is 89.0 Å². The van der Waals surface area contributed by atoms with E-state index in [2.05, 4.69) is 0 Å². The molecule has 1 aliphatic heterocycles. The Morgan fingerprint density at radius 3 is 2.39 bits per heavy atom. The largest absolute Gasteiger partial charge is 0.507 e. The normalized spacial score (nSPS) is 17.1. The molecule has 0 unspecified atom stereocenters. The lowest BCUT2D eigenvalue weighted by Crippen LogP contribution is -2.29. The maximum Gasteiger partial charge on any atom is 0.301 e. The van der Waals surface area contributed by atoms with Crippen LogP contribution in [-0.4, -0.2) is 36.0 Å². The summed E-state index contributed by atoms with van der Waals surface area (Å²) in [7, 11) is 3.05. The molecule has 3 aromatic carbocycles. The van der Waals surface area contributed by atoms with E-state index in [0.717, 1.165) is 21.3 Å². The SMILES string of the molecule is COc1ccc([C@H]2/C(=C(\O)c3ccccc3)C(=O)C(=O)N2c2nc3c(C)cc(C)cc3s2)cc1OC. The zero-order valence-electron chi connectivity index (χ0n) is 20.2. The number of carbonyl (C=O) groups excluding carboxylic acids is 2. The molecule has 0 aliphatic carbocycles. The van der Waals surface area contributed by atoms with E-state index < -0.39 is 17.7 Å². The number of benzene rings is 3. The van der Waals surface area contributed by atoms with Crippen molar-refractivity contribution >= 4 is 44.1 Å². The lowest BCUT2D eigenvalue weighted by atomic mass is 9.95. The average Bonchev–Trinajstić information content (AvgIpc) is 3.42. The molecule has 1 saturated heterocycles. The van der Waals surface area contributed by atoms with Gasteiger partial charge in [0.1, 0.15) is 5.76 Å². The minimum atomic E-state index is -0.910. The summed E-state index contributed by atoms with van der Waals surface area (Å²) in [6.07, 6.45) is 0. The van der Waals surface area contributed by atoms with Crippen molar-refractivity contribution in [1.82, 2.24) is 4.98 Å².